The molecule has 29 heavy (non-hydrogen) atoms. The maximum absolute atomic E-state index is 13.1. The van der Waals surface area contributed by atoms with Crippen molar-refractivity contribution in [2.75, 3.05) is 18.0 Å². The maximum atomic E-state index is 13.1. The first-order chi connectivity index (χ1) is 13.5. The van der Waals surface area contributed by atoms with E-state index in [9.17, 15) is 23.1 Å². The van der Waals surface area contributed by atoms with E-state index >= 15 is 0 Å². The highest BCUT2D eigenvalue weighted by molar-refractivity contribution is 5.86. The Kier molecular flexibility index (Phi) is 4.37. The summed E-state index contributed by atoms with van der Waals surface area (Å²) in [6.07, 6.45) is -2.56. The summed E-state index contributed by atoms with van der Waals surface area (Å²) in [5.41, 5.74) is 1.53. The molecule has 0 atom stereocenters. The molecule has 0 aliphatic carbocycles. The van der Waals surface area contributed by atoms with Crippen LogP contribution in [-0.2, 0) is 11.0 Å². The van der Waals surface area contributed by atoms with Crippen molar-refractivity contribution in [3.8, 4) is 5.75 Å². The minimum absolute atomic E-state index is 0.189. The summed E-state index contributed by atoms with van der Waals surface area (Å²) in [6, 6.07) is 11.1. The highest BCUT2D eigenvalue weighted by Crippen LogP contribution is 2.43. The number of alkyl halides is 3. The van der Waals surface area contributed by atoms with Crippen LogP contribution in [0.5, 0.6) is 5.75 Å². The van der Waals surface area contributed by atoms with Crippen LogP contribution in [0.25, 0.3) is 5.57 Å². The number of carboxylic acid groups (broad SMARTS) is 1. The summed E-state index contributed by atoms with van der Waals surface area (Å²) in [5.74, 6) is -1.35. The van der Waals surface area contributed by atoms with E-state index in [2.05, 4.69) is 0 Å². The van der Waals surface area contributed by atoms with Gasteiger partial charge in [0.2, 0.25) is 0 Å². The summed E-state index contributed by atoms with van der Waals surface area (Å²) in [5, 5.41) is 10.9. The Morgan fingerprint density at radius 2 is 1.90 bits per heavy atom. The van der Waals surface area contributed by atoms with Gasteiger partial charge in [0.1, 0.15) is 11.4 Å². The Balaban J connectivity index is 1.71. The number of benzene rings is 2. The van der Waals surface area contributed by atoms with Crippen LogP contribution >= 0.6 is 0 Å². The fourth-order valence-electron chi connectivity index (χ4n) is 3.69. The van der Waals surface area contributed by atoms with Crippen molar-refractivity contribution in [1.82, 2.24) is 0 Å². The van der Waals surface area contributed by atoms with Crippen LogP contribution in [0.2, 0.25) is 0 Å². The second-order valence-corrected chi connectivity index (χ2v) is 7.94. The molecule has 0 amide bonds. The molecule has 2 aromatic carbocycles. The fourth-order valence-corrected chi connectivity index (χ4v) is 3.69. The van der Waals surface area contributed by atoms with Crippen LogP contribution in [0.15, 0.2) is 48.5 Å². The SMILES string of the molecule is CC1(C)C=C(c2cccc(N3CC(C(=O)[O-])C3)c2)c2ccc(C(F)(F)F)cc2O1. The van der Waals surface area contributed by atoms with Crippen molar-refractivity contribution < 1.29 is 27.8 Å². The molecule has 0 radical (unpaired) electrons. The number of rotatable bonds is 3. The number of fused-ring (bicyclic) bond motifs is 1. The minimum Gasteiger partial charge on any atom is -0.550 e. The molecule has 2 heterocycles. The molecule has 0 saturated carbocycles. The van der Waals surface area contributed by atoms with Crippen LogP contribution in [0.1, 0.15) is 30.5 Å². The van der Waals surface area contributed by atoms with Crippen molar-refractivity contribution in [1.29, 1.82) is 0 Å². The molecule has 2 aromatic rings. The number of carbonyl (C=O) groups is 1. The van der Waals surface area contributed by atoms with E-state index in [0.29, 0.717) is 18.7 Å². The third kappa shape index (κ3) is 3.69. The zero-order valence-corrected chi connectivity index (χ0v) is 15.9. The van der Waals surface area contributed by atoms with Gasteiger partial charge < -0.3 is 19.5 Å². The standard InChI is InChI=1S/C22H20F3NO3/c1-21(2)10-18(17-7-6-15(22(23,24)25)9-19(17)29-21)13-4-3-5-16(8-13)26-11-14(12-26)20(27)28/h3-10,14H,11-12H2,1-2H3,(H,27,28)/p-1. The van der Waals surface area contributed by atoms with Crippen molar-refractivity contribution >= 4 is 17.2 Å². The number of carbonyl (C=O) groups excluding carboxylic acids is 1. The zero-order valence-electron chi connectivity index (χ0n) is 15.9. The predicted molar refractivity (Wildman–Crippen MR) is 100 cm³/mol. The van der Waals surface area contributed by atoms with Crippen molar-refractivity contribution in [3.63, 3.8) is 0 Å². The van der Waals surface area contributed by atoms with Gasteiger partial charge in [0.05, 0.1) is 5.56 Å². The highest BCUT2D eigenvalue weighted by atomic mass is 19.4. The monoisotopic (exact) mass is 402 g/mol. The molecule has 4 nitrogen and oxygen atoms in total. The Morgan fingerprint density at radius 1 is 1.17 bits per heavy atom. The Hall–Kier alpha value is -2.96. The molecular weight excluding hydrogens is 383 g/mol. The lowest BCUT2D eigenvalue weighted by atomic mass is 9.88. The van der Waals surface area contributed by atoms with Gasteiger partial charge in [0.15, 0.2) is 0 Å². The van der Waals surface area contributed by atoms with E-state index in [-0.39, 0.29) is 5.75 Å². The van der Waals surface area contributed by atoms with Crippen molar-refractivity contribution in [3.05, 3.63) is 65.2 Å². The average molecular weight is 402 g/mol. The lowest BCUT2D eigenvalue weighted by molar-refractivity contribution is -0.312. The number of halogens is 3. The van der Waals surface area contributed by atoms with Crippen LogP contribution in [0, 0.1) is 5.92 Å². The van der Waals surface area contributed by atoms with Crippen molar-refractivity contribution in [2.45, 2.75) is 25.6 Å². The minimum atomic E-state index is -4.45. The molecule has 2 aliphatic rings. The third-order valence-electron chi connectivity index (χ3n) is 5.20. The summed E-state index contributed by atoms with van der Waals surface area (Å²) in [6.45, 7) is 4.34. The Morgan fingerprint density at radius 3 is 2.55 bits per heavy atom. The van der Waals surface area contributed by atoms with Crippen molar-refractivity contribution in [2.24, 2.45) is 5.92 Å². The third-order valence-corrected chi connectivity index (χ3v) is 5.20. The summed E-state index contributed by atoms with van der Waals surface area (Å²) in [4.78, 5) is 12.9. The number of nitrogens with zero attached hydrogens (tertiary/aromatic N) is 1. The molecular formula is C22H19F3NO3-. The van der Waals surface area contributed by atoms with Gasteiger partial charge in [0, 0.05) is 36.2 Å². The molecule has 4 rings (SSSR count). The first-order valence-corrected chi connectivity index (χ1v) is 9.23. The van der Waals surface area contributed by atoms with Gasteiger partial charge in [-0.1, -0.05) is 18.2 Å². The van der Waals surface area contributed by atoms with Gasteiger partial charge in [-0.15, -0.1) is 0 Å². The summed E-state index contributed by atoms with van der Waals surface area (Å²) in [7, 11) is 0. The van der Waals surface area contributed by atoms with E-state index in [1.165, 1.54) is 6.07 Å². The largest absolute Gasteiger partial charge is 0.550 e. The molecule has 0 aromatic heterocycles. The van der Waals surface area contributed by atoms with Gasteiger partial charge in [0.25, 0.3) is 0 Å². The topological polar surface area (TPSA) is 52.6 Å². The molecule has 2 aliphatic heterocycles. The Bertz CT molecular complexity index is 1000. The highest BCUT2D eigenvalue weighted by Gasteiger charge is 2.34. The molecule has 0 spiro atoms. The zero-order chi connectivity index (χ0) is 21.0. The number of ether oxygens (including phenoxy) is 1. The predicted octanol–water partition coefficient (Wildman–Crippen LogP) is 3.49. The van der Waals surface area contributed by atoms with Gasteiger partial charge in [-0.2, -0.15) is 13.2 Å². The normalized spacial score (nSPS) is 18.4. The van der Waals surface area contributed by atoms with E-state index in [1.807, 2.05) is 35.2 Å². The molecule has 7 heteroatoms. The smallest absolute Gasteiger partial charge is 0.416 e. The number of hydrogen-bond acceptors (Lipinski definition) is 4. The summed E-state index contributed by atoms with van der Waals surface area (Å²) < 4.78 is 45.2. The lowest BCUT2D eigenvalue weighted by Crippen LogP contribution is -2.54. The Labute approximate surface area is 166 Å². The molecule has 0 unspecified atom stereocenters. The van der Waals surface area contributed by atoms with Gasteiger partial charge >= 0.3 is 6.18 Å². The number of aliphatic carboxylic acids is 1. The molecule has 1 saturated heterocycles. The summed E-state index contributed by atoms with van der Waals surface area (Å²) >= 11 is 0. The van der Waals surface area contributed by atoms with Crippen LogP contribution in [0.4, 0.5) is 18.9 Å². The average Bonchev–Trinajstić information content (AvgIpc) is 2.57. The second kappa shape index (κ2) is 6.54. The fraction of sp³-hybridized carbons (Fsp3) is 0.318. The lowest BCUT2D eigenvalue weighted by Gasteiger charge is -2.41. The van der Waals surface area contributed by atoms with E-state index in [4.69, 9.17) is 4.74 Å². The first-order valence-electron chi connectivity index (χ1n) is 9.23. The van der Waals surface area contributed by atoms with Gasteiger partial charge in [-0.3, -0.25) is 0 Å². The number of carboxylic acids is 1. The molecule has 1 fully saturated rings. The van der Waals surface area contributed by atoms with Gasteiger partial charge in [-0.05, 0) is 55.3 Å². The maximum Gasteiger partial charge on any atom is 0.416 e. The van der Waals surface area contributed by atoms with E-state index in [0.717, 1.165) is 29.0 Å². The van der Waals surface area contributed by atoms with E-state index in [1.54, 1.807) is 13.8 Å². The quantitative estimate of drug-likeness (QED) is 0.789. The number of hydrogen-bond donors (Lipinski definition) is 0. The van der Waals surface area contributed by atoms with Gasteiger partial charge in [-0.25, -0.2) is 0 Å². The second-order valence-electron chi connectivity index (χ2n) is 7.94. The van der Waals surface area contributed by atoms with Crippen LogP contribution in [-0.4, -0.2) is 24.7 Å². The van der Waals surface area contributed by atoms with E-state index < -0.39 is 29.2 Å². The number of anilines is 1. The van der Waals surface area contributed by atoms with Crippen LogP contribution < -0.4 is 14.7 Å². The molecule has 152 valence electrons. The first kappa shape index (κ1) is 19.4. The van der Waals surface area contributed by atoms with Crippen LogP contribution in [0.3, 0.4) is 0 Å². The molecule has 0 N–H and O–H groups in total. The molecule has 0 bridgehead atoms.